The normalized spacial score (nSPS) is 14.4. The zero-order valence-corrected chi connectivity index (χ0v) is 13.4. The fourth-order valence-electron chi connectivity index (χ4n) is 1.81. The molecule has 1 rings (SSSR count). The standard InChI is InChI=1S/C14H24FO3P/c1-13(2,3)10-7-8-12(18-19(15,16)17)11(9-10)14(4,5)6/h7-9,16-17,19H,1-6H3. The summed E-state index contributed by atoms with van der Waals surface area (Å²) in [4.78, 5) is 17.8. The molecule has 0 atom stereocenters. The molecule has 0 unspecified atom stereocenters. The van der Waals surface area contributed by atoms with E-state index in [9.17, 15) is 4.20 Å². The van der Waals surface area contributed by atoms with E-state index in [-0.39, 0.29) is 16.6 Å². The van der Waals surface area contributed by atoms with E-state index < -0.39 is 8.25 Å². The second kappa shape index (κ2) is 5.01. The van der Waals surface area contributed by atoms with Gasteiger partial charge in [0, 0.05) is 0 Å². The van der Waals surface area contributed by atoms with Crippen LogP contribution in [0.1, 0.15) is 52.7 Å². The molecule has 0 aliphatic heterocycles. The van der Waals surface area contributed by atoms with E-state index in [1.54, 1.807) is 6.07 Å². The molecule has 19 heavy (non-hydrogen) atoms. The Labute approximate surface area is 115 Å². The fraction of sp³-hybridized carbons (Fsp3) is 0.571. The summed E-state index contributed by atoms with van der Waals surface area (Å²) in [5.41, 5.74) is 1.53. The van der Waals surface area contributed by atoms with Crippen LogP contribution in [-0.2, 0) is 10.8 Å². The van der Waals surface area contributed by atoms with Gasteiger partial charge in [-0.1, -0.05) is 0 Å². The number of hydrogen-bond donors (Lipinski definition) is 2. The first kappa shape index (κ1) is 16.4. The van der Waals surface area contributed by atoms with Crippen LogP contribution in [0.3, 0.4) is 0 Å². The van der Waals surface area contributed by atoms with Crippen LogP contribution < -0.4 is 4.52 Å². The Bertz CT molecular complexity index is 453. The molecule has 1 aromatic carbocycles. The van der Waals surface area contributed by atoms with Crippen molar-refractivity contribution in [1.82, 2.24) is 0 Å². The van der Waals surface area contributed by atoms with Crippen LogP contribution in [0.4, 0.5) is 4.20 Å². The van der Waals surface area contributed by atoms with Crippen LogP contribution in [0, 0.1) is 0 Å². The molecule has 0 radical (unpaired) electrons. The molecule has 0 aliphatic rings. The van der Waals surface area contributed by atoms with E-state index in [2.05, 4.69) is 20.8 Å². The summed E-state index contributed by atoms with van der Waals surface area (Å²) in [5, 5.41) is 0. The molecule has 0 spiro atoms. The number of benzene rings is 1. The van der Waals surface area contributed by atoms with E-state index in [1.807, 2.05) is 32.9 Å². The minimum atomic E-state index is -5.07. The predicted octanol–water partition coefficient (Wildman–Crippen LogP) is 4.02. The molecule has 0 amide bonds. The van der Waals surface area contributed by atoms with Gasteiger partial charge in [-0.25, -0.2) is 0 Å². The quantitative estimate of drug-likeness (QED) is 0.809. The van der Waals surface area contributed by atoms with Gasteiger partial charge in [0.15, 0.2) is 0 Å². The van der Waals surface area contributed by atoms with Crippen molar-refractivity contribution >= 4 is 8.25 Å². The Hall–Kier alpha value is -0.700. The Balaban J connectivity index is 3.34. The van der Waals surface area contributed by atoms with Gasteiger partial charge in [-0.05, 0) is 0 Å². The molecular weight excluding hydrogens is 266 g/mol. The van der Waals surface area contributed by atoms with Crippen LogP contribution in [0.25, 0.3) is 0 Å². The van der Waals surface area contributed by atoms with Crippen molar-refractivity contribution in [2.75, 3.05) is 0 Å². The summed E-state index contributed by atoms with van der Waals surface area (Å²) in [7, 11) is -5.07. The number of halogens is 1. The van der Waals surface area contributed by atoms with Crippen molar-refractivity contribution in [2.45, 2.75) is 52.4 Å². The van der Waals surface area contributed by atoms with Gasteiger partial charge in [-0.2, -0.15) is 0 Å². The Kier molecular flexibility index (Phi) is 4.31. The van der Waals surface area contributed by atoms with E-state index >= 15 is 0 Å². The monoisotopic (exact) mass is 290 g/mol. The average molecular weight is 290 g/mol. The molecule has 0 heterocycles. The fourth-order valence-corrected chi connectivity index (χ4v) is 2.27. The second-order valence-corrected chi connectivity index (χ2v) is 8.10. The summed E-state index contributed by atoms with van der Waals surface area (Å²) in [6.45, 7) is 12.2. The molecule has 0 aliphatic carbocycles. The van der Waals surface area contributed by atoms with Crippen molar-refractivity contribution in [3.05, 3.63) is 29.3 Å². The zero-order chi connectivity index (χ0) is 15.1. The van der Waals surface area contributed by atoms with E-state index in [4.69, 9.17) is 14.3 Å². The van der Waals surface area contributed by atoms with Crippen LogP contribution in [0.5, 0.6) is 5.75 Å². The van der Waals surface area contributed by atoms with Crippen LogP contribution >= 0.6 is 8.25 Å². The first-order valence-corrected chi connectivity index (χ1v) is 7.96. The van der Waals surface area contributed by atoms with Gasteiger partial charge in [0.05, 0.1) is 0 Å². The average Bonchev–Trinajstić information content (AvgIpc) is 2.11. The third-order valence-electron chi connectivity index (χ3n) is 2.89. The Morgan fingerprint density at radius 1 is 1.00 bits per heavy atom. The summed E-state index contributed by atoms with van der Waals surface area (Å²) >= 11 is 0. The van der Waals surface area contributed by atoms with Crippen LogP contribution in [0.15, 0.2) is 18.2 Å². The van der Waals surface area contributed by atoms with Gasteiger partial charge < -0.3 is 0 Å². The van der Waals surface area contributed by atoms with Gasteiger partial charge in [-0.3, -0.25) is 0 Å². The maximum atomic E-state index is 13.0. The molecule has 0 aromatic heterocycles. The molecule has 0 fully saturated rings. The van der Waals surface area contributed by atoms with Crippen molar-refractivity contribution in [3.8, 4) is 5.75 Å². The van der Waals surface area contributed by atoms with Crippen molar-refractivity contribution in [1.29, 1.82) is 0 Å². The minimum absolute atomic E-state index is 0.0405. The molecule has 2 N–H and O–H groups in total. The SMILES string of the molecule is CC(C)(C)c1ccc(O[PH](O)(O)F)c(C(C)(C)C)c1. The summed E-state index contributed by atoms with van der Waals surface area (Å²) in [5.74, 6) is 0.194. The van der Waals surface area contributed by atoms with E-state index in [1.165, 1.54) is 0 Å². The van der Waals surface area contributed by atoms with Crippen molar-refractivity contribution in [2.24, 2.45) is 0 Å². The van der Waals surface area contributed by atoms with Crippen molar-refractivity contribution in [3.63, 3.8) is 0 Å². The third-order valence-corrected chi connectivity index (χ3v) is 3.37. The third kappa shape index (κ3) is 4.72. The van der Waals surface area contributed by atoms with E-state index in [0.717, 1.165) is 11.1 Å². The van der Waals surface area contributed by atoms with Gasteiger partial charge in [0.2, 0.25) is 0 Å². The number of hydrogen-bond acceptors (Lipinski definition) is 3. The first-order chi connectivity index (χ1) is 8.31. The molecular formula is C14H24FO3P. The molecule has 110 valence electrons. The van der Waals surface area contributed by atoms with Gasteiger partial charge in [0.25, 0.3) is 0 Å². The van der Waals surface area contributed by atoms with E-state index in [0.29, 0.717) is 0 Å². The van der Waals surface area contributed by atoms with Crippen LogP contribution in [-0.4, -0.2) is 9.79 Å². The zero-order valence-electron chi connectivity index (χ0n) is 12.4. The van der Waals surface area contributed by atoms with Crippen LogP contribution in [0.2, 0.25) is 0 Å². The first-order valence-electron chi connectivity index (χ1n) is 6.28. The molecule has 0 bridgehead atoms. The molecule has 1 aromatic rings. The second-order valence-electron chi connectivity index (χ2n) is 6.84. The molecule has 5 heteroatoms. The van der Waals surface area contributed by atoms with Gasteiger partial charge in [0.1, 0.15) is 0 Å². The summed E-state index contributed by atoms with van der Waals surface area (Å²) in [6, 6.07) is 5.37. The number of rotatable bonds is 2. The Morgan fingerprint density at radius 3 is 1.89 bits per heavy atom. The van der Waals surface area contributed by atoms with Crippen molar-refractivity contribution < 1.29 is 18.5 Å². The van der Waals surface area contributed by atoms with Gasteiger partial charge >= 0.3 is 114 Å². The summed E-state index contributed by atoms with van der Waals surface area (Å²) in [6.07, 6.45) is 0. The molecule has 0 saturated carbocycles. The molecule has 3 nitrogen and oxygen atoms in total. The van der Waals surface area contributed by atoms with Gasteiger partial charge in [-0.15, -0.1) is 0 Å². The molecule has 0 saturated heterocycles. The Morgan fingerprint density at radius 2 is 1.53 bits per heavy atom. The summed E-state index contributed by atoms with van der Waals surface area (Å²) < 4.78 is 17.7. The maximum absolute atomic E-state index is 13.0. The predicted molar refractivity (Wildman–Crippen MR) is 78.3 cm³/mol. The topological polar surface area (TPSA) is 49.7 Å².